The van der Waals surface area contributed by atoms with E-state index in [2.05, 4.69) is 31.9 Å². The average Bonchev–Trinajstić information content (AvgIpc) is 3.22. The SMILES string of the molecule is CN1CCN(CCCOc2ccccc2Cc2cn(C(F)F)nc2-c2cc(Cl)nc(N)n2)CC1. The summed E-state index contributed by atoms with van der Waals surface area (Å²) in [6.07, 6.45) is 2.56. The third kappa shape index (κ3) is 6.19. The van der Waals surface area contributed by atoms with Gasteiger partial charge in [0.1, 0.15) is 16.6 Å². The summed E-state index contributed by atoms with van der Waals surface area (Å²) in [5, 5.41) is 4.15. The molecule has 2 N–H and O–H groups in total. The van der Waals surface area contributed by atoms with Crippen LogP contribution in [0.1, 0.15) is 24.1 Å². The van der Waals surface area contributed by atoms with Gasteiger partial charge in [0, 0.05) is 57.0 Å². The summed E-state index contributed by atoms with van der Waals surface area (Å²) in [6, 6.07) is 9.06. The first kappa shape index (κ1) is 24.3. The number of halogens is 3. The molecule has 3 aromatic rings. The topological polar surface area (TPSA) is 85.3 Å². The van der Waals surface area contributed by atoms with Crippen molar-refractivity contribution in [2.24, 2.45) is 0 Å². The van der Waals surface area contributed by atoms with E-state index in [0.717, 1.165) is 50.5 Å². The molecule has 0 amide bonds. The second kappa shape index (κ2) is 11.1. The maximum absolute atomic E-state index is 13.4. The largest absolute Gasteiger partial charge is 0.493 e. The van der Waals surface area contributed by atoms with Gasteiger partial charge in [0.15, 0.2) is 0 Å². The lowest BCUT2D eigenvalue weighted by molar-refractivity contribution is 0.0567. The lowest BCUT2D eigenvalue weighted by atomic mass is 10.0. The molecule has 1 aromatic carbocycles. The van der Waals surface area contributed by atoms with Gasteiger partial charge in [0.25, 0.3) is 0 Å². The van der Waals surface area contributed by atoms with Crippen LogP contribution in [0.5, 0.6) is 5.75 Å². The Balaban J connectivity index is 1.47. The minimum atomic E-state index is -2.79. The monoisotopic (exact) mass is 491 g/mol. The van der Waals surface area contributed by atoms with Crippen LogP contribution in [0, 0.1) is 0 Å². The zero-order chi connectivity index (χ0) is 24.1. The number of nitrogen functional groups attached to an aromatic ring is 1. The van der Waals surface area contributed by atoms with Crippen LogP contribution in [0.3, 0.4) is 0 Å². The van der Waals surface area contributed by atoms with E-state index in [1.807, 2.05) is 24.3 Å². The summed E-state index contributed by atoms with van der Waals surface area (Å²) in [7, 11) is 2.14. The van der Waals surface area contributed by atoms with Crippen LogP contribution in [0.25, 0.3) is 11.4 Å². The molecule has 1 aliphatic rings. The van der Waals surface area contributed by atoms with Crippen LogP contribution in [0.15, 0.2) is 36.5 Å². The van der Waals surface area contributed by atoms with E-state index in [4.69, 9.17) is 22.1 Å². The average molecular weight is 492 g/mol. The number of nitrogens with zero attached hydrogens (tertiary/aromatic N) is 6. The van der Waals surface area contributed by atoms with Crippen LogP contribution in [0.4, 0.5) is 14.7 Å². The van der Waals surface area contributed by atoms with Gasteiger partial charge in [-0.3, -0.25) is 0 Å². The summed E-state index contributed by atoms with van der Waals surface area (Å²) >= 11 is 6.00. The molecule has 1 aliphatic heterocycles. The smallest absolute Gasteiger partial charge is 0.333 e. The number of piperazine rings is 1. The molecular formula is C23H28ClF2N7O. The number of rotatable bonds is 9. The fraction of sp³-hybridized carbons (Fsp3) is 0.435. The Morgan fingerprint density at radius 1 is 1.12 bits per heavy atom. The fourth-order valence-electron chi connectivity index (χ4n) is 3.97. The van der Waals surface area contributed by atoms with Gasteiger partial charge in [-0.05, 0) is 25.1 Å². The molecular weight excluding hydrogens is 464 g/mol. The third-order valence-electron chi connectivity index (χ3n) is 5.79. The highest BCUT2D eigenvalue weighted by molar-refractivity contribution is 6.29. The van der Waals surface area contributed by atoms with Gasteiger partial charge in [-0.1, -0.05) is 29.8 Å². The molecule has 4 rings (SSSR count). The normalized spacial score (nSPS) is 15.2. The van der Waals surface area contributed by atoms with Gasteiger partial charge < -0.3 is 20.3 Å². The number of anilines is 1. The Hall–Kier alpha value is -2.82. The van der Waals surface area contributed by atoms with Crippen LogP contribution >= 0.6 is 11.6 Å². The van der Waals surface area contributed by atoms with Crippen LogP contribution in [-0.2, 0) is 6.42 Å². The van der Waals surface area contributed by atoms with Gasteiger partial charge >= 0.3 is 6.55 Å². The lowest BCUT2D eigenvalue weighted by Gasteiger charge is -2.32. The predicted octanol–water partition coefficient (Wildman–Crippen LogP) is 3.58. The number of hydrogen-bond acceptors (Lipinski definition) is 7. The summed E-state index contributed by atoms with van der Waals surface area (Å²) < 4.78 is 33.5. The van der Waals surface area contributed by atoms with Crippen molar-refractivity contribution in [3.63, 3.8) is 0 Å². The first-order valence-corrected chi connectivity index (χ1v) is 11.5. The Bertz CT molecular complexity index is 1080. The van der Waals surface area contributed by atoms with Crippen molar-refractivity contribution in [3.8, 4) is 17.1 Å². The molecule has 2 aromatic heterocycles. The molecule has 0 saturated carbocycles. The van der Waals surface area contributed by atoms with Crippen molar-refractivity contribution in [2.75, 3.05) is 52.1 Å². The third-order valence-corrected chi connectivity index (χ3v) is 5.98. The highest BCUT2D eigenvalue weighted by Gasteiger charge is 2.19. The van der Waals surface area contributed by atoms with Crippen molar-refractivity contribution in [3.05, 3.63) is 52.8 Å². The minimum absolute atomic E-state index is 0.0517. The molecule has 0 spiro atoms. The highest BCUT2D eigenvalue weighted by Crippen LogP contribution is 2.29. The number of benzene rings is 1. The summed E-state index contributed by atoms with van der Waals surface area (Å²) in [5.41, 5.74) is 7.70. The maximum atomic E-state index is 13.4. The van der Waals surface area contributed by atoms with E-state index in [9.17, 15) is 8.78 Å². The number of para-hydroxylation sites is 1. The molecule has 8 nitrogen and oxygen atoms in total. The summed E-state index contributed by atoms with van der Waals surface area (Å²) in [4.78, 5) is 12.7. The zero-order valence-electron chi connectivity index (χ0n) is 19.0. The molecule has 1 fully saturated rings. The molecule has 0 bridgehead atoms. The summed E-state index contributed by atoms with van der Waals surface area (Å²) in [6.45, 7) is 3.08. The number of alkyl halides is 2. The number of ether oxygens (including phenoxy) is 1. The molecule has 0 radical (unpaired) electrons. The van der Waals surface area contributed by atoms with E-state index in [0.29, 0.717) is 23.3 Å². The standard InChI is InChI=1S/C23H28ClF2N7O/c1-31-8-10-32(11-9-31)7-4-12-34-19-6-3-2-5-16(19)13-17-15-33(22(25)26)30-21(17)18-14-20(24)29-23(27)28-18/h2-3,5-6,14-15,22H,4,7-13H2,1H3,(H2,27,28,29). The first-order chi connectivity index (χ1) is 16.4. The molecule has 182 valence electrons. The molecule has 3 heterocycles. The predicted molar refractivity (Wildman–Crippen MR) is 127 cm³/mol. The number of aromatic nitrogens is 4. The van der Waals surface area contributed by atoms with Gasteiger partial charge in [-0.15, -0.1) is 0 Å². The van der Waals surface area contributed by atoms with Crippen molar-refractivity contribution < 1.29 is 13.5 Å². The zero-order valence-corrected chi connectivity index (χ0v) is 19.8. The Labute approximate surface area is 202 Å². The number of likely N-dealkylation sites (N-methyl/N-ethyl adjacent to an activating group) is 1. The quantitative estimate of drug-likeness (QED) is 0.361. The van der Waals surface area contributed by atoms with Crippen LogP contribution in [0.2, 0.25) is 5.15 Å². The summed E-state index contributed by atoms with van der Waals surface area (Å²) in [5.74, 6) is 0.668. The molecule has 1 saturated heterocycles. The highest BCUT2D eigenvalue weighted by atomic mass is 35.5. The van der Waals surface area contributed by atoms with E-state index >= 15 is 0 Å². The molecule has 0 unspecified atom stereocenters. The number of hydrogen-bond donors (Lipinski definition) is 1. The Morgan fingerprint density at radius 2 is 1.88 bits per heavy atom. The molecule has 11 heteroatoms. The van der Waals surface area contributed by atoms with E-state index in [1.54, 1.807) is 0 Å². The Kier molecular flexibility index (Phi) is 7.91. The van der Waals surface area contributed by atoms with Crippen molar-refractivity contribution >= 4 is 17.5 Å². The molecule has 0 atom stereocenters. The van der Waals surface area contributed by atoms with Crippen LogP contribution < -0.4 is 10.5 Å². The van der Waals surface area contributed by atoms with Gasteiger partial charge in [-0.25, -0.2) is 14.6 Å². The Morgan fingerprint density at radius 3 is 2.62 bits per heavy atom. The minimum Gasteiger partial charge on any atom is -0.493 e. The lowest BCUT2D eigenvalue weighted by Crippen LogP contribution is -2.44. The number of nitrogens with two attached hydrogens (primary N) is 1. The molecule has 0 aliphatic carbocycles. The fourth-order valence-corrected chi connectivity index (χ4v) is 4.16. The first-order valence-electron chi connectivity index (χ1n) is 11.2. The van der Waals surface area contributed by atoms with Gasteiger partial charge in [-0.2, -0.15) is 13.9 Å². The second-order valence-electron chi connectivity index (χ2n) is 8.33. The van der Waals surface area contributed by atoms with Crippen molar-refractivity contribution in [1.29, 1.82) is 0 Å². The van der Waals surface area contributed by atoms with E-state index in [1.165, 1.54) is 12.3 Å². The van der Waals surface area contributed by atoms with E-state index < -0.39 is 6.55 Å². The van der Waals surface area contributed by atoms with Crippen molar-refractivity contribution in [2.45, 2.75) is 19.4 Å². The van der Waals surface area contributed by atoms with Gasteiger partial charge in [0.05, 0.1) is 12.3 Å². The van der Waals surface area contributed by atoms with E-state index in [-0.39, 0.29) is 22.5 Å². The maximum Gasteiger partial charge on any atom is 0.333 e. The molecule has 34 heavy (non-hydrogen) atoms. The van der Waals surface area contributed by atoms with Crippen LogP contribution in [-0.4, -0.2) is 75.9 Å². The second-order valence-corrected chi connectivity index (χ2v) is 8.71. The van der Waals surface area contributed by atoms with Gasteiger partial charge in [0.2, 0.25) is 5.95 Å². The van der Waals surface area contributed by atoms with Crippen molar-refractivity contribution in [1.82, 2.24) is 29.5 Å².